The lowest BCUT2D eigenvalue weighted by atomic mass is 9.90. The maximum Gasteiger partial charge on any atom is 0.248 e. The molecule has 110 valence electrons. The van der Waals surface area contributed by atoms with Crippen molar-refractivity contribution in [2.45, 2.75) is 58.0 Å². The molecule has 0 saturated carbocycles. The standard InChI is InChI=1S/C14H26N2O3/c1-5-11(10-19-4)16-9-8-12(17)15-14(6-2,7-3)13(16)18/h11H,5-10H2,1-4H3,(H,15,17). The summed E-state index contributed by atoms with van der Waals surface area (Å²) in [6.07, 6.45) is 2.44. The van der Waals surface area contributed by atoms with Gasteiger partial charge in [0.05, 0.1) is 12.6 Å². The molecule has 5 nitrogen and oxygen atoms in total. The Morgan fingerprint density at radius 1 is 1.32 bits per heavy atom. The lowest BCUT2D eigenvalue weighted by Crippen LogP contribution is -2.58. The number of carbonyl (C=O) groups excluding carboxylic acids is 2. The van der Waals surface area contributed by atoms with Gasteiger partial charge in [0, 0.05) is 20.1 Å². The first-order valence-electron chi connectivity index (χ1n) is 7.15. The Bertz CT molecular complexity index is 327. The van der Waals surface area contributed by atoms with E-state index in [1.54, 1.807) is 7.11 Å². The zero-order chi connectivity index (χ0) is 14.5. The molecule has 1 N–H and O–H groups in total. The Hall–Kier alpha value is -1.10. The van der Waals surface area contributed by atoms with Gasteiger partial charge in [0.1, 0.15) is 5.54 Å². The number of amides is 2. The summed E-state index contributed by atoms with van der Waals surface area (Å²) in [7, 11) is 1.64. The fraction of sp³-hybridized carbons (Fsp3) is 0.857. The van der Waals surface area contributed by atoms with Gasteiger partial charge in [-0.1, -0.05) is 20.8 Å². The van der Waals surface area contributed by atoms with Gasteiger partial charge in [-0.15, -0.1) is 0 Å². The predicted octanol–water partition coefficient (Wildman–Crippen LogP) is 1.32. The Balaban J connectivity index is 3.04. The molecule has 1 fully saturated rings. The van der Waals surface area contributed by atoms with Crippen LogP contribution in [0.15, 0.2) is 0 Å². The molecule has 1 heterocycles. The van der Waals surface area contributed by atoms with Gasteiger partial charge < -0.3 is 15.0 Å². The molecular formula is C14H26N2O3. The average molecular weight is 270 g/mol. The highest BCUT2D eigenvalue weighted by Crippen LogP contribution is 2.24. The highest BCUT2D eigenvalue weighted by atomic mass is 16.5. The molecular weight excluding hydrogens is 244 g/mol. The summed E-state index contributed by atoms with van der Waals surface area (Å²) in [6, 6.07) is 0.0441. The van der Waals surface area contributed by atoms with Gasteiger partial charge in [0.25, 0.3) is 0 Å². The first-order chi connectivity index (χ1) is 9.04. The van der Waals surface area contributed by atoms with Gasteiger partial charge in [0.15, 0.2) is 0 Å². The molecule has 0 spiro atoms. The van der Waals surface area contributed by atoms with E-state index in [2.05, 4.69) is 5.32 Å². The molecule has 0 aromatic rings. The number of hydrogen-bond acceptors (Lipinski definition) is 3. The fourth-order valence-electron chi connectivity index (χ4n) is 2.68. The molecule has 19 heavy (non-hydrogen) atoms. The van der Waals surface area contributed by atoms with Gasteiger partial charge >= 0.3 is 0 Å². The van der Waals surface area contributed by atoms with Crippen LogP contribution in [-0.4, -0.2) is 48.6 Å². The van der Waals surface area contributed by atoms with E-state index in [9.17, 15) is 9.59 Å². The molecule has 1 aliphatic rings. The quantitative estimate of drug-likeness (QED) is 0.792. The third-order valence-corrected chi connectivity index (χ3v) is 4.11. The van der Waals surface area contributed by atoms with Crippen LogP contribution in [0.25, 0.3) is 0 Å². The Morgan fingerprint density at radius 3 is 2.42 bits per heavy atom. The monoisotopic (exact) mass is 270 g/mol. The number of methoxy groups -OCH3 is 1. The zero-order valence-corrected chi connectivity index (χ0v) is 12.5. The van der Waals surface area contributed by atoms with Crippen LogP contribution in [-0.2, 0) is 14.3 Å². The molecule has 0 aromatic carbocycles. The smallest absolute Gasteiger partial charge is 0.248 e. The summed E-state index contributed by atoms with van der Waals surface area (Å²) in [5.41, 5.74) is -0.741. The summed E-state index contributed by atoms with van der Waals surface area (Å²) in [4.78, 5) is 26.5. The first kappa shape index (κ1) is 16.0. The van der Waals surface area contributed by atoms with Crippen LogP contribution in [0.2, 0.25) is 0 Å². The minimum absolute atomic E-state index is 0.0345. The second kappa shape index (κ2) is 6.89. The van der Waals surface area contributed by atoms with Gasteiger partial charge in [-0.3, -0.25) is 9.59 Å². The van der Waals surface area contributed by atoms with Crippen molar-refractivity contribution in [1.29, 1.82) is 0 Å². The lowest BCUT2D eigenvalue weighted by Gasteiger charge is -2.37. The number of hydrogen-bond donors (Lipinski definition) is 1. The van der Waals surface area contributed by atoms with Crippen molar-refractivity contribution in [3.05, 3.63) is 0 Å². The number of rotatable bonds is 6. The van der Waals surface area contributed by atoms with Gasteiger partial charge in [-0.05, 0) is 19.3 Å². The molecule has 2 amide bonds. The second-order valence-electron chi connectivity index (χ2n) is 5.10. The molecule has 1 aliphatic heterocycles. The van der Waals surface area contributed by atoms with E-state index >= 15 is 0 Å². The Labute approximate surface area is 115 Å². The second-order valence-corrected chi connectivity index (χ2v) is 5.10. The zero-order valence-electron chi connectivity index (χ0n) is 12.5. The molecule has 1 rings (SSSR count). The van der Waals surface area contributed by atoms with Crippen molar-refractivity contribution in [2.24, 2.45) is 0 Å². The van der Waals surface area contributed by atoms with E-state index in [-0.39, 0.29) is 17.9 Å². The maximum atomic E-state index is 12.8. The molecule has 0 aromatic heterocycles. The van der Waals surface area contributed by atoms with Crippen molar-refractivity contribution in [3.63, 3.8) is 0 Å². The van der Waals surface area contributed by atoms with E-state index in [0.29, 0.717) is 32.4 Å². The van der Waals surface area contributed by atoms with E-state index in [1.807, 2.05) is 25.7 Å². The normalized spacial score (nSPS) is 20.9. The predicted molar refractivity (Wildman–Crippen MR) is 73.7 cm³/mol. The van der Waals surface area contributed by atoms with Crippen LogP contribution in [0.1, 0.15) is 46.5 Å². The van der Waals surface area contributed by atoms with Gasteiger partial charge in [-0.25, -0.2) is 0 Å². The topological polar surface area (TPSA) is 58.6 Å². The summed E-state index contributed by atoms with van der Waals surface area (Å²) in [5.74, 6) is -0.000861. The minimum Gasteiger partial charge on any atom is -0.383 e. The third-order valence-electron chi connectivity index (χ3n) is 4.11. The summed E-state index contributed by atoms with van der Waals surface area (Å²) in [5, 5.41) is 2.92. The lowest BCUT2D eigenvalue weighted by molar-refractivity contribution is -0.142. The van der Waals surface area contributed by atoms with Crippen LogP contribution in [0.3, 0.4) is 0 Å². The average Bonchev–Trinajstić information content (AvgIpc) is 2.54. The molecule has 0 aliphatic carbocycles. The number of nitrogens with zero attached hydrogens (tertiary/aromatic N) is 1. The SMILES string of the molecule is CCC(COC)N1CCC(=O)NC(CC)(CC)C1=O. The number of carbonyl (C=O) groups is 2. The summed E-state index contributed by atoms with van der Waals surface area (Å²) >= 11 is 0. The van der Waals surface area contributed by atoms with Crippen LogP contribution >= 0.6 is 0 Å². The van der Waals surface area contributed by atoms with E-state index < -0.39 is 5.54 Å². The van der Waals surface area contributed by atoms with Crippen molar-refractivity contribution in [2.75, 3.05) is 20.3 Å². The third kappa shape index (κ3) is 3.26. The van der Waals surface area contributed by atoms with Crippen LogP contribution in [0.5, 0.6) is 0 Å². The van der Waals surface area contributed by atoms with Crippen LogP contribution in [0.4, 0.5) is 0 Å². The van der Waals surface area contributed by atoms with E-state index in [4.69, 9.17) is 4.74 Å². The van der Waals surface area contributed by atoms with E-state index in [0.717, 1.165) is 6.42 Å². The van der Waals surface area contributed by atoms with Crippen LogP contribution < -0.4 is 5.32 Å². The van der Waals surface area contributed by atoms with Crippen molar-refractivity contribution < 1.29 is 14.3 Å². The Kier molecular flexibility index (Phi) is 5.79. The van der Waals surface area contributed by atoms with Crippen molar-refractivity contribution in [1.82, 2.24) is 10.2 Å². The summed E-state index contributed by atoms with van der Waals surface area (Å²) in [6.45, 7) is 6.93. The molecule has 1 unspecified atom stereocenters. The highest BCUT2D eigenvalue weighted by Gasteiger charge is 2.43. The highest BCUT2D eigenvalue weighted by molar-refractivity contribution is 5.93. The van der Waals surface area contributed by atoms with Crippen molar-refractivity contribution in [3.8, 4) is 0 Å². The van der Waals surface area contributed by atoms with Crippen molar-refractivity contribution >= 4 is 11.8 Å². The molecule has 5 heteroatoms. The molecule has 1 saturated heterocycles. The number of nitrogens with one attached hydrogen (secondary N) is 1. The molecule has 1 atom stereocenters. The van der Waals surface area contributed by atoms with Gasteiger partial charge in [-0.2, -0.15) is 0 Å². The number of ether oxygens (including phenoxy) is 1. The van der Waals surface area contributed by atoms with Crippen LogP contribution in [0, 0.1) is 0 Å². The molecule has 0 bridgehead atoms. The fourth-order valence-corrected chi connectivity index (χ4v) is 2.68. The first-order valence-corrected chi connectivity index (χ1v) is 7.15. The molecule has 0 radical (unpaired) electrons. The minimum atomic E-state index is -0.741. The summed E-state index contributed by atoms with van der Waals surface area (Å²) < 4.78 is 5.20. The Morgan fingerprint density at radius 2 is 1.95 bits per heavy atom. The van der Waals surface area contributed by atoms with E-state index in [1.165, 1.54) is 0 Å². The van der Waals surface area contributed by atoms with Gasteiger partial charge in [0.2, 0.25) is 11.8 Å². The largest absolute Gasteiger partial charge is 0.383 e. The maximum absolute atomic E-state index is 12.8.